The summed E-state index contributed by atoms with van der Waals surface area (Å²) in [5.41, 5.74) is 0. The summed E-state index contributed by atoms with van der Waals surface area (Å²) in [7, 11) is 1.26. The van der Waals surface area contributed by atoms with Crippen molar-refractivity contribution in [2.45, 2.75) is 44.1 Å². The van der Waals surface area contributed by atoms with Gasteiger partial charge in [0, 0.05) is 16.8 Å². The molecule has 0 aromatic rings. The monoisotopic (exact) mass is 192 g/mol. The van der Waals surface area contributed by atoms with E-state index in [4.69, 9.17) is 4.74 Å². The summed E-state index contributed by atoms with van der Waals surface area (Å²) in [5.74, 6) is 0. The van der Waals surface area contributed by atoms with E-state index in [9.17, 15) is 0 Å². The Morgan fingerprint density at radius 3 is 2.36 bits per heavy atom. The average molecular weight is 192 g/mol. The van der Waals surface area contributed by atoms with Crippen molar-refractivity contribution in [2.75, 3.05) is 6.61 Å². The second-order valence-electron chi connectivity index (χ2n) is 2.88. The zero-order chi connectivity index (χ0) is 8.74. The predicted molar refractivity (Wildman–Crippen MR) is 57.6 cm³/mol. The topological polar surface area (TPSA) is 9.23 Å². The molecule has 1 unspecified atom stereocenters. The van der Waals surface area contributed by atoms with E-state index in [0.29, 0.717) is 0 Å². The molecule has 3 heteroatoms. The van der Waals surface area contributed by atoms with E-state index in [-0.39, 0.29) is 4.93 Å². The van der Waals surface area contributed by atoms with Crippen LogP contribution >= 0.6 is 12.6 Å². The van der Waals surface area contributed by atoms with Crippen LogP contribution in [0.25, 0.3) is 0 Å². The zero-order valence-electron chi connectivity index (χ0n) is 7.89. The van der Waals surface area contributed by atoms with Crippen LogP contribution < -0.4 is 0 Å². The van der Waals surface area contributed by atoms with Gasteiger partial charge >= 0.3 is 0 Å². The minimum atomic E-state index is -0.120. The number of thiol groups is 1. The number of hydrogen-bond acceptors (Lipinski definition) is 2. The molecule has 0 bridgehead atoms. The zero-order valence-corrected chi connectivity index (χ0v) is 10.8. The van der Waals surface area contributed by atoms with Gasteiger partial charge in [0.2, 0.25) is 0 Å². The first-order valence-corrected chi connectivity index (χ1v) is 6.41. The van der Waals surface area contributed by atoms with Crippen LogP contribution in [-0.2, 0) is 4.74 Å². The van der Waals surface area contributed by atoms with Crippen molar-refractivity contribution in [3.8, 4) is 0 Å². The standard InChI is InChI=1S/C8H20OSSi/c1-3-5-8(10,6-7-11)9-4-2/h10H,3-7H2,1-2,11H3. The average Bonchev–Trinajstić information content (AvgIpc) is 1.88. The van der Waals surface area contributed by atoms with Gasteiger partial charge in [-0.05, 0) is 19.8 Å². The maximum atomic E-state index is 5.60. The molecule has 0 amide bonds. The second kappa shape index (κ2) is 6.09. The first kappa shape index (κ1) is 11.5. The predicted octanol–water partition coefficient (Wildman–Crippen LogP) is 1.62. The second-order valence-corrected chi connectivity index (χ2v) is 4.69. The molecule has 0 spiro atoms. The van der Waals surface area contributed by atoms with Crippen molar-refractivity contribution < 1.29 is 4.74 Å². The summed E-state index contributed by atoms with van der Waals surface area (Å²) in [6.45, 7) is 5.00. The lowest BCUT2D eigenvalue weighted by molar-refractivity contribution is 0.0268. The van der Waals surface area contributed by atoms with Crippen molar-refractivity contribution in [1.82, 2.24) is 0 Å². The van der Waals surface area contributed by atoms with Gasteiger partial charge in [-0.3, -0.25) is 0 Å². The molecular formula is C8H20OSSi. The highest BCUT2D eigenvalue weighted by atomic mass is 32.1. The molecule has 1 atom stereocenters. The molecule has 68 valence electrons. The first-order chi connectivity index (χ1) is 5.18. The van der Waals surface area contributed by atoms with Gasteiger partial charge in [-0.15, -0.1) is 12.6 Å². The molecule has 0 saturated heterocycles. The molecular weight excluding hydrogens is 172 g/mol. The van der Waals surface area contributed by atoms with Crippen LogP contribution in [0.5, 0.6) is 0 Å². The molecule has 0 aliphatic rings. The van der Waals surface area contributed by atoms with Gasteiger partial charge < -0.3 is 4.74 Å². The van der Waals surface area contributed by atoms with E-state index in [0.717, 1.165) is 25.9 Å². The minimum absolute atomic E-state index is 0.120. The number of ether oxygens (including phenoxy) is 1. The van der Waals surface area contributed by atoms with Crippen LogP contribution in [0.4, 0.5) is 0 Å². The highest BCUT2D eigenvalue weighted by Crippen LogP contribution is 2.27. The fraction of sp³-hybridized carbons (Fsp3) is 1.00. The number of rotatable bonds is 6. The molecule has 1 nitrogen and oxygen atoms in total. The summed E-state index contributed by atoms with van der Waals surface area (Å²) in [5, 5.41) is 0. The fourth-order valence-corrected chi connectivity index (χ4v) is 3.12. The van der Waals surface area contributed by atoms with E-state index in [1.807, 2.05) is 6.92 Å². The van der Waals surface area contributed by atoms with Gasteiger partial charge in [-0.2, -0.15) is 0 Å². The van der Waals surface area contributed by atoms with Crippen LogP contribution in [0.2, 0.25) is 6.04 Å². The Morgan fingerprint density at radius 1 is 1.36 bits per heavy atom. The van der Waals surface area contributed by atoms with Crippen molar-refractivity contribution in [3.63, 3.8) is 0 Å². The Balaban J connectivity index is 3.79. The minimum Gasteiger partial charge on any atom is -0.365 e. The molecule has 0 heterocycles. The van der Waals surface area contributed by atoms with Crippen LogP contribution in [0.15, 0.2) is 0 Å². The fourth-order valence-electron chi connectivity index (χ4n) is 1.32. The van der Waals surface area contributed by atoms with Crippen molar-refractivity contribution in [3.05, 3.63) is 0 Å². The maximum absolute atomic E-state index is 5.60. The molecule has 11 heavy (non-hydrogen) atoms. The third kappa shape index (κ3) is 4.88. The Morgan fingerprint density at radius 2 is 2.00 bits per heavy atom. The van der Waals surface area contributed by atoms with E-state index >= 15 is 0 Å². The van der Waals surface area contributed by atoms with E-state index in [1.165, 1.54) is 16.3 Å². The van der Waals surface area contributed by atoms with Gasteiger partial charge in [0.05, 0.1) is 0 Å². The molecule has 0 N–H and O–H groups in total. The van der Waals surface area contributed by atoms with Crippen LogP contribution in [-0.4, -0.2) is 21.8 Å². The number of hydrogen-bond donors (Lipinski definition) is 1. The Hall–Kier alpha value is 0.527. The SMILES string of the molecule is CCCC(S)(CC[SiH3])OCC. The summed E-state index contributed by atoms with van der Waals surface area (Å²) in [4.78, 5) is -0.120. The molecule has 0 radical (unpaired) electrons. The van der Waals surface area contributed by atoms with Crippen molar-refractivity contribution >= 4 is 22.9 Å². The molecule has 0 aliphatic carbocycles. The lowest BCUT2D eigenvalue weighted by Gasteiger charge is -2.27. The summed E-state index contributed by atoms with van der Waals surface area (Å²) >= 11 is 4.56. The van der Waals surface area contributed by atoms with Crippen LogP contribution in [0, 0.1) is 0 Å². The maximum Gasteiger partial charge on any atom is 0.110 e. The highest BCUT2D eigenvalue weighted by Gasteiger charge is 2.22. The van der Waals surface area contributed by atoms with Gasteiger partial charge in [-0.25, -0.2) is 0 Å². The quantitative estimate of drug-likeness (QED) is 0.382. The first-order valence-electron chi connectivity index (χ1n) is 4.54. The molecule has 0 saturated carbocycles. The normalized spacial score (nSPS) is 16.6. The smallest absolute Gasteiger partial charge is 0.110 e. The van der Waals surface area contributed by atoms with Gasteiger partial charge in [0.25, 0.3) is 0 Å². The molecule has 0 aliphatic heterocycles. The molecule has 0 fully saturated rings. The van der Waals surface area contributed by atoms with E-state index < -0.39 is 0 Å². The molecule has 0 aromatic carbocycles. The Labute approximate surface area is 78.7 Å². The van der Waals surface area contributed by atoms with E-state index in [2.05, 4.69) is 19.6 Å². The largest absolute Gasteiger partial charge is 0.365 e. The molecule has 0 rings (SSSR count). The van der Waals surface area contributed by atoms with Gasteiger partial charge in [-0.1, -0.05) is 19.4 Å². The van der Waals surface area contributed by atoms with Crippen LogP contribution in [0.1, 0.15) is 33.1 Å². The third-order valence-electron chi connectivity index (χ3n) is 1.69. The van der Waals surface area contributed by atoms with E-state index in [1.54, 1.807) is 0 Å². The lowest BCUT2D eigenvalue weighted by atomic mass is 10.1. The Kier molecular flexibility index (Phi) is 6.38. The third-order valence-corrected chi connectivity index (χ3v) is 2.77. The summed E-state index contributed by atoms with van der Waals surface area (Å²) < 4.78 is 5.60. The van der Waals surface area contributed by atoms with Gasteiger partial charge in [0.1, 0.15) is 4.93 Å². The molecule has 0 aromatic heterocycles. The highest BCUT2D eigenvalue weighted by molar-refractivity contribution is 7.81. The van der Waals surface area contributed by atoms with Gasteiger partial charge in [0.15, 0.2) is 0 Å². The van der Waals surface area contributed by atoms with Crippen molar-refractivity contribution in [1.29, 1.82) is 0 Å². The summed E-state index contributed by atoms with van der Waals surface area (Å²) in [6, 6.07) is 1.28. The van der Waals surface area contributed by atoms with Crippen LogP contribution in [0.3, 0.4) is 0 Å². The summed E-state index contributed by atoms with van der Waals surface area (Å²) in [6.07, 6.45) is 3.35. The van der Waals surface area contributed by atoms with Crippen molar-refractivity contribution in [2.24, 2.45) is 0 Å². The lowest BCUT2D eigenvalue weighted by Crippen LogP contribution is -2.25. The Bertz CT molecular complexity index is 81.1.